The number of urea groups is 1. The van der Waals surface area contributed by atoms with Gasteiger partial charge < -0.3 is 24.6 Å². The first-order chi connectivity index (χ1) is 12.7. The number of morpholine rings is 1. The van der Waals surface area contributed by atoms with Crippen LogP contribution in [0.15, 0.2) is 42.6 Å². The smallest absolute Gasteiger partial charge is 0.321 e. The highest BCUT2D eigenvalue weighted by Gasteiger charge is 2.12. The van der Waals surface area contributed by atoms with Gasteiger partial charge in [-0.2, -0.15) is 0 Å². The number of hydrogen-bond acceptors (Lipinski definition) is 5. The standard InChI is InChI=1S/C19H24N4O3/c1-22(19(24)21-16-5-8-18(25-2)20-13-16)14-15-3-6-17(7-4-15)23-9-11-26-12-10-23/h3-8,13H,9-12,14H2,1-2H3,(H,21,24). The van der Waals surface area contributed by atoms with Gasteiger partial charge in [-0.1, -0.05) is 12.1 Å². The SMILES string of the molecule is COc1ccc(NC(=O)N(C)Cc2ccc(N3CCOCC3)cc2)cn1. The quantitative estimate of drug-likeness (QED) is 0.892. The minimum absolute atomic E-state index is 0.186. The minimum atomic E-state index is -0.186. The molecular formula is C19H24N4O3. The Morgan fingerprint density at radius 2 is 1.96 bits per heavy atom. The Labute approximate surface area is 153 Å². The van der Waals surface area contributed by atoms with Crippen molar-refractivity contribution in [3.05, 3.63) is 48.2 Å². The summed E-state index contributed by atoms with van der Waals surface area (Å²) >= 11 is 0. The van der Waals surface area contributed by atoms with E-state index in [9.17, 15) is 4.79 Å². The maximum atomic E-state index is 12.3. The van der Waals surface area contributed by atoms with E-state index in [0.717, 1.165) is 31.9 Å². The maximum absolute atomic E-state index is 12.3. The highest BCUT2D eigenvalue weighted by atomic mass is 16.5. The number of aromatic nitrogens is 1. The largest absolute Gasteiger partial charge is 0.481 e. The molecule has 7 heteroatoms. The van der Waals surface area contributed by atoms with Gasteiger partial charge in [-0.05, 0) is 23.8 Å². The number of carbonyl (C=O) groups excluding carboxylic acids is 1. The molecule has 3 rings (SSSR count). The highest BCUT2D eigenvalue weighted by Crippen LogP contribution is 2.18. The number of ether oxygens (including phenoxy) is 2. The lowest BCUT2D eigenvalue weighted by molar-refractivity contribution is 0.122. The predicted octanol–water partition coefficient (Wildman–Crippen LogP) is 2.59. The molecule has 2 heterocycles. The molecule has 1 N–H and O–H groups in total. The van der Waals surface area contributed by atoms with Crippen molar-refractivity contribution in [2.75, 3.05) is 50.7 Å². The lowest BCUT2D eigenvalue weighted by Crippen LogP contribution is -2.36. The molecule has 2 aromatic rings. The van der Waals surface area contributed by atoms with Crippen LogP contribution in [0.4, 0.5) is 16.2 Å². The van der Waals surface area contributed by atoms with E-state index in [0.29, 0.717) is 18.1 Å². The van der Waals surface area contributed by atoms with Crippen LogP contribution in [0.25, 0.3) is 0 Å². The summed E-state index contributed by atoms with van der Waals surface area (Å²) in [6, 6.07) is 11.6. The van der Waals surface area contributed by atoms with Crippen molar-refractivity contribution in [2.45, 2.75) is 6.54 Å². The Morgan fingerprint density at radius 3 is 2.58 bits per heavy atom. The molecule has 0 atom stereocenters. The van der Waals surface area contributed by atoms with Crippen LogP contribution in [0, 0.1) is 0 Å². The summed E-state index contributed by atoms with van der Waals surface area (Å²) in [5.74, 6) is 0.511. The molecule has 0 spiro atoms. The molecule has 0 saturated carbocycles. The fourth-order valence-electron chi connectivity index (χ4n) is 2.77. The van der Waals surface area contributed by atoms with E-state index in [1.54, 1.807) is 37.4 Å². The number of methoxy groups -OCH3 is 1. The molecule has 2 amide bonds. The summed E-state index contributed by atoms with van der Waals surface area (Å²) in [6.45, 7) is 3.89. The Morgan fingerprint density at radius 1 is 1.23 bits per heavy atom. The van der Waals surface area contributed by atoms with Crippen LogP contribution in [0.1, 0.15) is 5.56 Å². The first-order valence-electron chi connectivity index (χ1n) is 8.59. The van der Waals surface area contributed by atoms with E-state index < -0.39 is 0 Å². The van der Waals surface area contributed by atoms with Crippen LogP contribution < -0.4 is 15.0 Å². The molecule has 0 aliphatic carbocycles. The lowest BCUT2D eigenvalue weighted by Gasteiger charge is -2.29. The zero-order valence-corrected chi connectivity index (χ0v) is 15.1. The van der Waals surface area contributed by atoms with Gasteiger partial charge in [0.2, 0.25) is 5.88 Å². The van der Waals surface area contributed by atoms with Gasteiger partial charge in [0, 0.05) is 38.4 Å². The van der Waals surface area contributed by atoms with E-state index in [2.05, 4.69) is 39.5 Å². The molecule has 26 heavy (non-hydrogen) atoms. The van der Waals surface area contributed by atoms with Crippen LogP contribution in [-0.4, -0.2) is 56.4 Å². The number of hydrogen-bond donors (Lipinski definition) is 1. The van der Waals surface area contributed by atoms with Crippen molar-refractivity contribution in [2.24, 2.45) is 0 Å². The molecule has 0 radical (unpaired) electrons. The number of anilines is 2. The number of nitrogens with one attached hydrogen (secondary N) is 1. The predicted molar refractivity (Wildman–Crippen MR) is 101 cm³/mol. The zero-order valence-electron chi connectivity index (χ0n) is 15.1. The minimum Gasteiger partial charge on any atom is -0.481 e. The molecule has 1 aliphatic heterocycles. The molecule has 1 aromatic heterocycles. The fourth-order valence-corrected chi connectivity index (χ4v) is 2.77. The molecule has 1 aromatic carbocycles. The summed E-state index contributed by atoms with van der Waals surface area (Å²) in [7, 11) is 3.32. The van der Waals surface area contributed by atoms with Crippen LogP contribution in [0.2, 0.25) is 0 Å². The maximum Gasteiger partial charge on any atom is 0.321 e. The molecule has 138 valence electrons. The number of carbonyl (C=O) groups is 1. The van der Waals surface area contributed by atoms with Gasteiger partial charge in [0.05, 0.1) is 32.2 Å². The van der Waals surface area contributed by atoms with Gasteiger partial charge in [-0.15, -0.1) is 0 Å². The second-order valence-corrected chi connectivity index (χ2v) is 6.14. The van der Waals surface area contributed by atoms with Gasteiger partial charge in [0.1, 0.15) is 0 Å². The third-order valence-corrected chi connectivity index (χ3v) is 4.28. The van der Waals surface area contributed by atoms with E-state index in [1.807, 2.05) is 0 Å². The van der Waals surface area contributed by atoms with Gasteiger partial charge in [-0.25, -0.2) is 9.78 Å². The average Bonchev–Trinajstić information content (AvgIpc) is 2.70. The molecule has 7 nitrogen and oxygen atoms in total. The van der Waals surface area contributed by atoms with E-state index in [4.69, 9.17) is 9.47 Å². The van der Waals surface area contributed by atoms with Crippen molar-refractivity contribution in [1.82, 2.24) is 9.88 Å². The first-order valence-corrected chi connectivity index (χ1v) is 8.59. The molecule has 1 fully saturated rings. The van der Waals surface area contributed by atoms with E-state index >= 15 is 0 Å². The van der Waals surface area contributed by atoms with Gasteiger partial charge in [0.15, 0.2) is 0 Å². The molecule has 1 saturated heterocycles. The normalized spacial score (nSPS) is 14.0. The number of rotatable bonds is 5. The average molecular weight is 356 g/mol. The summed E-state index contributed by atoms with van der Waals surface area (Å²) in [4.78, 5) is 20.3. The second kappa shape index (κ2) is 8.53. The summed E-state index contributed by atoms with van der Waals surface area (Å²) in [5.41, 5.74) is 2.89. The van der Waals surface area contributed by atoms with Gasteiger partial charge >= 0.3 is 6.03 Å². The number of benzene rings is 1. The monoisotopic (exact) mass is 356 g/mol. The fraction of sp³-hybridized carbons (Fsp3) is 0.368. The molecule has 1 aliphatic rings. The molecular weight excluding hydrogens is 332 g/mol. The molecule has 0 unspecified atom stereocenters. The second-order valence-electron chi connectivity index (χ2n) is 6.14. The third-order valence-electron chi connectivity index (χ3n) is 4.28. The summed E-state index contributed by atoms with van der Waals surface area (Å²) < 4.78 is 10.4. The highest BCUT2D eigenvalue weighted by molar-refractivity contribution is 5.88. The Balaban J connectivity index is 1.54. The topological polar surface area (TPSA) is 66.9 Å². The van der Waals surface area contributed by atoms with Crippen LogP contribution >= 0.6 is 0 Å². The zero-order chi connectivity index (χ0) is 18.4. The first kappa shape index (κ1) is 18.0. The van der Waals surface area contributed by atoms with Crippen molar-refractivity contribution < 1.29 is 14.3 Å². The van der Waals surface area contributed by atoms with Crippen molar-refractivity contribution >= 4 is 17.4 Å². The van der Waals surface area contributed by atoms with E-state index in [1.165, 1.54) is 5.69 Å². The Hall–Kier alpha value is -2.80. The Kier molecular flexibility index (Phi) is 5.91. The lowest BCUT2D eigenvalue weighted by atomic mass is 10.2. The van der Waals surface area contributed by atoms with Crippen LogP contribution in [0.5, 0.6) is 5.88 Å². The summed E-state index contributed by atoms with van der Waals surface area (Å²) in [5, 5.41) is 2.82. The van der Waals surface area contributed by atoms with Gasteiger partial charge in [-0.3, -0.25) is 0 Å². The Bertz CT molecular complexity index is 713. The third kappa shape index (κ3) is 4.64. The van der Waals surface area contributed by atoms with E-state index in [-0.39, 0.29) is 6.03 Å². The van der Waals surface area contributed by atoms with Crippen molar-refractivity contribution in [3.63, 3.8) is 0 Å². The van der Waals surface area contributed by atoms with Crippen molar-refractivity contribution in [1.29, 1.82) is 0 Å². The van der Waals surface area contributed by atoms with Gasteiger partial charge in [0.25, 0.3) is 0 Å². The number of nitrogens with zero attached hydrogens (tertiary/aromatic N) is 3. The number of pyridine rings is 1. The van der Waals surface area contributed by atoms with Crippen LogP contribution in [0.3, 0.4) is 0 Å². The summed E-state index contributed by atoms with van der Waals surface area (Å²) in [6.07, 6.45) is 1.57. The number of amides is 2. The van der Waals surface area contributed by atoms with Crippen LogP contribution in [-0.2, 0) is 11.3 Å². The molecule has 0 bridgehead atoms. The van der Waals surface area contributed by atoms with Crippen molar-refractivity contribution in [3.8, 4) is 5.88 Å².